The van der Waals surface area contributed by atoms with Gasteiger partial charge in [-0.25, -0.2) is 9.97 Å². The van der Waals surface area contributed by atoms with E-state index in [1.807, 2.05) is 6.07 Å². The Balaban J connectivity index is 1.70. The predicted octanol–water partition coefficient (Wildman–Crippen LogP) is -0.379. The third-order valence-electron chi connectivity index (χ3n) is 4.73. The Hall–Kier alpha value is -3.47. The molecule has 0 aliphatic carbocycles. The minimum absolute atomic E-state index is 0.143. The van der Waals surface area contributed by atoms with Gasteiger partial charge in [0.25, 0.3) is 5.91 Å². The van der Waals surface area contributed by atoms with E-state index in [0.29, 0.717) is 12.2 Å². The molecule has 3 rings (SSSR count). The van der Waals surface area contributed by atoms with Crippen LogP contribution in [0.5, 0.6) is 0 Å². The Kier molecular flexibility index (Phi) is 6.62. The molecule has 11 heteroatoms. The second kappa shape index (κ2) is 9.35. The molecule has 3 amide bonds. The van der Waals surface area contributed by atoms with Gasteiger partial charge in [0.1, 0.15) is 12.4 Å². The van der Waals surface area contributed by atoms with Gasteiger partial charge in [-0.15, -0.1) is 0 Å². The summed E-state index contributed by atoms with van der Waals surface area (Å²) in [5, 5.41) is 6.03. The van der Waals surface area contributed by atoms with Gasteiger partial charge >= 0.3 is 0 Å². The monoisotopic (exact) mass is 414 g/mol. The van der Waals surface area contributed by atoms with Crippen LogP contribution >= 0.6 is 0 Å². The topological polar surface area (TPSA) is 116 Å². The van der Waals surface area contributed by atoms with E-state index < -0.39 is 0 Å². The summed E-state index contributed by atoms with van der Waals surface area (Å²) < 4.78 is 1.42. The van der Waals surface area contributed by atoms with Gasteiger partial charge in [0.15, 0.2) is 11.5 Å². The summed E-state index contributed by atoms with van der Waals surface area (Å²) in [6.07, 6.45) is 3.66. The minimum atomic E-state index is -0.359. The highest BCUT2D eigenvalue weighted by Gasteiger charge is 2.24. The van der Waals surface area contributed by atoms with Crippen LogP contribution in [-0.4, -0.2) is 85.0 Å². The number of piperazine rings is 1. The second-order valence-electron chi connectivity index (χ2n) is 7.15. The fraction of sp³-hybridized carbons (Fsp3) is 0.421. The Morgan fingerprint density at radius 2 is 1.93 bits per heavy atom. The molecule has 0 spiro atoms. The van der Waals surface area contributed by atoms with E-state index in [1.54, 1.807) is 26.4 Å². The predicted molar refractivity (Wildman–Crippen MR) is 113 cm³/mol. The van der Waals surface area contributed by atoms with Crippen LogP contribution in [0.15, 0.2) is 24.7 Å². The van der Waals surface area contributed by atoms with E-state index in [9.17, 15) is 14.4 Å². The molecule has 0 aromatic carbocycles. The lowest BCUT2D eigenvalue weighted by Crippen LogP contribution is -2.43. The minimum Gasteiger partial charge on any atom is -0.368 e. The first-order valence-corrected chi connectivity index (χ1v) is 9.57. The van der Waals surface area contributed by atoms with E-state index in [4.69, 9.17) is 0 Å². The lowest BCUT2D eigenvalue weighted by atomic mass is 10.3. The SMILES string of the molecule is CN(C)C(=O)c1c(N(C)C=O)ncn1CC(=O)Nc1ccc(N2CCNCC2)cn1. The molecule has 1 saturated heterocycles. The molecular formula is C19H26N8O3. The molecule has 0 bridgehead atoms. The van der Waals surface area contributed by atoms with Gasteiger partial charge < -0.3 is 29.9 Å². The van der Waals surface area contributed by atoms with Gasteiger partial charge in [-0.2, -0.15) is 0 Å². The number of hydrogen-bond acceptors (Lipinski definition) is 7. The standard InChI is InChI=1S/C19H26N8O3/c1-24(2)19(30)17-18(25(3)13-28)22-12-27(17)11-16(29)23-15-5-4-14(10-21-15)26-8-6-20-7-9-26/h4-5,10,12-13,20H,6-9,11H2,1-3H3,(H,21,23,29). The first-order valence-electron chi connectivity index (χ1n) is 9.57. The average Bonchev–Trinajstić information content (AvgIpc) is 3.16. The zero-order valence-electron chi connectivity index (χ0n) is 17.3. The lowest BCUT2D eigenvalue weighted by molar-refractivity contribution is -0.116. The summed E-state index contributed by atoms with van der Waals surface area (Å²) in [4.78, 5) is 49.4. The molecule has 1 fully saturated rings. The van der Waals surface area contributed by atoms with Crippen LogP contribution in [0.1, 0.15) is 10.5 Å². The fourth-order valence-electron chi connectivity index (χ4n) is 3.14. The normalized spacial score (nSPS) is 13.6. The van der Waals surface area contributed by atoms with Crippen LogP contribution in [0.2, 0.25) is 0 Å². The molecule has 0 saturated carbocycles. The zero-order chi connectivity index (χ0) is 21.7. The molecule has 2 N–H and O–H groups in total. The number of carbonyl (C=O) groups excluding carboxylic acids is 3. The number of aromatic nitrogens is 3. The first-order chi connectivity index (χ1) is 14.4. The highest BCUT2D eigenvalue weighted by Crippen LogP contribution is 2.19. The molecule has 2 aromatic rings. The number of nitrogens with zero attached hydrogens (tertiary/aromatic N) is 6. The molecule has 160 valence electrons. The van der Waals surface area contributed by atoms with Crippen molar-refractivity contribution in [1.29, 1.82) is 0 Å². The Bertz CT molecular complexity index is 903. The third-order valence-corrected chi connectivity index (χ3v) is 4.73. The number of anilines is 3. The molecule has 3 heterocycles. The molecule has 2 aromatic heterocycles. The van der Waals surface area contributed by atoms with Crippen molar-refractivity contribution in [3.63, 3.8) is 0 Å². The molecule has 30 heavy (non-hydrogen) atoms. The fourth-order valence-corrected chi connectivity index (χ4v) is 3.14. The molecule has 11 nitrogen and oxygen atoms in total. The Labute approximate surface area is 174 Å². The van der Waals surface area contributed by atoms with Gasteiger partial charge in [-0.05, 0) is 12.1 Å². The van der Waals surface area contributed by atoms with Crippen molar-refractivity contribution in [2.24, 2.45) is 0 Å². The molecule has 1 aliphatic rings. The average molecular weight is 414 g/mol. The Morgan fingerprint density at radius 1 is 1.20 bits per heavy atom. The van der Waals surface area contributed by atoms with E-state index in [1.165, 1.54) is 27.7 Å². The maximum absolute atomic E-state index is 12.6. The largest absolute Gasteiger partial charge is 0.368 e. The van der Waals surface area contributed by atoms with Gasteiger partial charge in [-0.1, -0.05) is 0 Å². The number of carbonyl (C=O) groups is 3. The highest BCUT2D eigenvalue weighted by molar-refractivity contribution is 6.00. The zero-order valence-corrected chi connectivity index (χ0v) is 17.3. The van der Waals surface area contributed by atoms with Crippen molar-refractivity contribution >= 4 is 35.5 Å². The molecule has 0 unspecified atom stereocenters. The van der Waals surface area contributed by atoms with Gasteiger partial charge in [-0.3, -0.25) is 14.4 Å². The first kappa shape index (κ1) is 21.2. The van der Waals surface area contributed by atoms with Crippen LogP contribution in [-0.2, 0) is 16.1 Å². The summed E-state index contributed by atoms with van der Waals surface area (Å²) in [6, 6.07) is 3.67. The second-order valence-corrected chi connectivity index (χ2v) is 7.15. The van der Waals surface area contributed by atoms with Crippen molar-refractivity contribution in [2.45, 2.75) is 6.54 Å². The van der Waals surface area contributed by atoms with Crippen molar-refractivity contribution in [3.05, 3.63) is 30.4 Å². The third kappa shape index (κ3) is 4.74. The van der Waals surface area contributed by atoms with Crippen molar-refractivity contribution in [2.75, 3.05) is 62.4 Å². The number of imidazole rings is 1. The van der Waals surface area contributed by atoms with Gasteiger partial charge in [0.2, 0.25) is 12.3 Å². The van der Waals surface area contributed by atoms with E-state index in [2.05, 4.69) is 25.5 Å². The van der Waals surface area contributed by atoms with Crippen LogP contribution < -0.4 is 20.4 Å². The lowest BCUT2D eigenvalue weighted by Gasteiger charge is -2.29. The summed E-state index contributed by atoms with van der Waals surface area (Å²) >= 11 is 0. The molecule has 0 radical (unpaired) electrons. The smallest absolute Gasteiger partial charge is 0.273 e. The van der Waals surface area contributed by atoms with Crippen molar-refractivity contribution in [3.8, 4) is 0 Å². The van der Waals surface area contributed by atoms with Crippen LogP contribution in [0, 0.1) is 0 Å². The maximum Gasteiger partial charge on any atom is 0.273 e. The number of amides is 3. The number of nitrogens with one attached hydrogen (secondary N) is 2. The molecule has 1 aliphatic heterocycles. The quantitative estimate of drug-likeness (QED) is 0.594. The van der Waals surface area contributed by atoms with Gasteiger partial charge in [0.05, 0.1) is 18.2 Å². The summed E-state index contributed by atoms with van der Waals surface area (Å²) in [5.74, 6) is -0.106. The van der Waals surface area contributed by atoms with Crippen molar-refractivity contribution in [1.82, 2.24) is 24.8 Å². The number of hydrogen-bond donors (Lipinski definition) is 2. The Morgan fingerprint density at radius 3 is 2.53 bits per heavy atom. The number of pyridine rings is 1. The molecule has 0 atom stereocenters. The van der Waals surface area contributed by atoms with Crippen molar-refractivity contribution < 1.29 is 14.4 Å². The van der Waals surface area contributed by atoms with E-state index in [-0.39, 0.29) is 29.9 Å². The van der Waals surface area contributed by atoms with E-state index >= 15 is 0 Å². The van der Waals surface area contributed by atoms with Crippen LogP contribution in [0.25, 0.3) is 0 Å². The van der Waals surface area contributed by atoms with Gasteiger partial charge in [0, 0.05) is 47.3 Å². The highest BCUT2D eigenvalue weighted by atomic mass is 16.2. The molecular weight excluding hydrogens is 388 g/mol. The van der Waals surface area contributed by atoms with E-state index in [0.717, 1.165) is 31.9 Å². The number of rotatable bonds is 7. The summed E-state index contributed by atoms with van der Waals surface area (Å²) in [6.45, 7) is 3.54. The van der Waals surface area contributed by atoms with Crippen LogP contribution in [0.3, 0.4) is 0 Å². The summed E-state index contributed by atoms with van der Waals surface area (Å²) in [7, 11) is 4.68. The summed E-state index contributed by atoms with van der Waals surface area (Å²) in [5.41, 5.74) is 1.16. The van der Waals surface area contributed by atoms with Crippen LogP contribution in [0.4, 0.5) is 17.3 Å². The maximum atomic E-state index is 12.6.